The molecule has 154 valence electrons. The van der Waals surface area contributed by atoms with Crippen molar-refractivity contribution < 1.29 is 0 Å². The highest BCUT2D eigenvalue weighted by Gasteiger charge is 2.37. The van der Waals surface area contributed by atoms with Gasteiger partial charge in [-0.05, 0) is 48.7 Å². The van der Waals surface area contributed by atoms with Crippen LogP contribution in [0.2, 0.25) is 0 Å². The van der Waals surface area contributed by atoms with Crippen LogP contribution in [0.25, 0.3) is 49.7 Å². The standard InChI is InChI=1S/C30H24N2/c1-2-20-15-16-28-24(19-20)23-11-5-8-14-27(23)32(28)30-18-17-29(30)31-25-12-6-3-9-21(25)22-10-4-7-13-26(22)31/h2-16,19,29-30H,1,17-18H2. The van der Waals surface area contributed by atoms with Gasteiger partial charge in [-0.15, -0.1) is 0 Å². The second kappa shape index (κ2) is 6.61. The van der Waals surface area contributed by atoms with Gasteiger partial charge in [-0.1, -0.05) is 73.3 Å². The van der Waals surface area contributed by atoms with Crippen LogP contribution in [0.3, 0.4) is 0 Å². The maximum Gasteiger partial charge on any atom is 0.0551 e. The lowest BCUT2D eigenvalue weighted by Gasteiger charge is -2.40. The Morgan fingerprint density at radius 1 is 0.562 bits per heavy atom. The topological polar surface area (TPSA) is 9.86 Å². The first-order valence-corrected chi connectivity index (χ1v) is 11.5. The number of benzene rings is 4. The van der Waals surface area contributed by atoms with Crippen molar-refractivity contribution in [3.8, 4) is 0 Å². The van der Waals surface area contributed by atoms with Crippen molar-refractivity contribution in [1.29, 1.82) is 0 Å². The summed E-state index contributed by atoms with van der Waals surface area (Å²) in [6.45, 7) is 3.98. The van der Waals surface area contributed by atoms with Crippen molar-refractivity contribution in [1.82, 2.24) is 9.13 Å². The molecule has 0 bridgehead atoms. The minimum Gasteiger partial charge on any atom is -0.335 e. The van der Waals surface area contributed by atoms with E-state index in [9.17, 15) is 0 Å². The van der Waals surface area contributed by atoms with Crippen LogP contribution in [0, 0.1) is 0 Å². The van der Waals surface area contributed by atoms with Crippen LogP contribution >= 0.6 is 0 Å². The maximum atomic E-state index is 3.98. The summed E-state index contributed by atoms with van der Waals surface area (Å²) in [5.74, 6) is 0. The van der Waals surface area contributed by atoms with Gasteiger partial charge in [0.25, 0.3) is 0 Å². The fraction of sp³-hybridized carbons (Fsp3) is 0.133. The maximum absolute atomic E-state index is 3.98. The lowest BCUT2D eigenvalue weighted by Crippen LogP contribution is -2.31. The number of nitrogens with zero attached hydrogens (tertiary/aromatic N) is 2. The van der Waals surface area contributed by atoms with Crippen LogP contribution in [0.4, 0.5) is 0 Å². The molecule has 2 heterocycles. The quantitative estimate of drug-likeness (QED) is 0.278. The molecule has 6 aromatic rings. The summed E-state index contributed by atoms with van der Waals surface area (Å²) >= 11 is 0. The third-order valence-corrected chi connectivity index (χ3v) is 7.45. The number of para-hydroxylation sites is 3. The van der Waals surface area contributed by atoms with Crippen molar-refractivity contribution >= 4 is 49.7 Å². The highest BCUT2D eigenvalue weighted by Crippen LogP contribution is 2.49. The van der Waals surface area contributed by atoms with Crippen LogP contribution in [-0.4, -0.2) is 9.13 Å². The van der Waals surface area contributed by atoms with Gasteiger partial charge in [-0.25, -0.2) is 0 Å². The molecule has 0 spiro atoms. The van der Waals surface area contributed by atoms with Crippen molar-refractivity contribution in [2.75, 3.05) is 0 Å². The average molecular weight is 413 g/mol. The Morgan fingerprint density at radius 3 is 1.47 bits per heavy atom. The zero-order chi connectivity index (χ0) is 21.2. The summed E-state index contributed by atoms with van der Waals surface area (Å²) in [6, 6.07) is 34.2. The van der Waals surface area contributed by atoms with Crippen LogP contribution in [0.1, 0.15) is 30.5 Å². The normalized spacial score (nSPS) is 18.5. The Hall–Kier alpha value is -3.78. The van der Waals surface area contributed by atoms with Crippen LogP contribution in [-0.2, 0) is 0 Å². The largest absolute Gasteiger partial charge is 0.335 e. The van der Waals surface area contributed by atoms with Gasteiger partial charge in [0, 0.05) is 43.6 Å². The Labute approximate surface area is 187 Å². The van der Waals surface area contributed by atoms with Gasteiger partial charge in [0.15, 0.2) is 0 Å². The van der Waals surface area contributed by atoms with Crippen molar-refractivity contribution in [2.24, 2.45) is 0 Å². The third-order valence-electron chi connectivity index (χ3n) is 7.45. The van der Waals surface area contributed by atoms with E-state index in [1.165, 1.54) is 62.0 Å². The monoisotopic (exact) mass is 412 g/mol. The Balaban J connectivity index is 1.49. The predicted octanol–water partition coefficient (Wildman–Crippen LogP) is 8.12. The summed E-state index contributed by atoms with van der Waals surface area (Å²) in [6.07, 6.45) is 4.34. The highest BCUT2D eigenvalue weighted by molar-refractivity contribution is 6.09. The zero-order valence-electron chi connectivity index (χ0n) is 17.9. The fourth-order valence-corrected chi connectivity index (χ4v) is 5.88. The molecule has 0 saturated heterocycles. The molecule has 1 saturated carbocycles. The molecule has 4 aromatic carbocycles. The first-order chi connectivity index (χ1) is 15.8. The zero-order valence-corrected chi connectivity index (χ0v) is 17.9. The molecule has 7 rings (SSSR count). The van der Waals surface area contributed by atoms with Gasteiger partial charge >= 0.3 is 0 Å². The number of hydrogen-bond acceptors (Lipinski definition) is 0. The summed E-state index contributed by atoms with van der Waals surface area (Å²) in [5.41, 5.74) is 6.52. The highest BCUT2D eigenvalue weighted by atomic mass is 15.1. The lowest BCUT2D eigenvalue weighted by molar-refractivity contribution is 0.205. The first-order valence-electron chi connectivity index (χ1n) is 11.5. The number of fused-ring (bicyclic) bond motifs is 6. The van der Waals surface area contributed by atoms with Crippen LogP contribution in [0.5, 0.6) is 0 Å². The lowest BCUT2D eigenvalue weighted by atomic mass is 9.85. The van der Waals surface area contributed by atoms with Gasteiger partial charge in [0.1, 0.15) is 0 Å². The SMILES string of the molecule is C=Cc1ccc2c(c1)c1ccccc1n2C1CCC1n1c2ccccc2c2ccccc21. The molecule has 2 unspecified atom stereocenters. The Kier molecular flexibility index (Phi) is 3.69. The van der Waals surface area contributed by atoms with Gasteiger partial charge in [0.2, 0.25) is 0 Å². The van der Waals surface area contributed by atoms with E-state index in [1.54, 1.807) is 0 Å². The minimum absolute atomic E-state index is 0.436. The smallest absolute Gasteiger partial charge is 0.0551 e. The molecule has 1 aliphatic carbocycles. The van der Waals surface area contributed by atoms with Gasteiger partial charge in [-0.3, -0.25) is 0 Å². The number of aromatic nitrogens is 2. The number of hydrogen-bond donors (Lipinski definition) is 0. The predicted molar refractivity (Wildman–Crippen MR) is 136 cm³/mol. The summed E-state index contributed by atoms with van der Waals surface area (Å²) in [4.78, 5) is 0. The fourth-order valence-electron chi connectivity index (χ4n) is 5.88. The second-order valence-corrected chi connectivity index (χ2v) is 8.98. The first kappa shape index (κ1) is 17.9. The molecular formula is C30H24N2. The van der Waals surface area contributed by atoms with E-state index in [-0.39, 0.29) is 0 Å². The average Bonchev–Trinajstić information content (AvgIpc) is 3.32. The van der Waals surface area contributed by atoms with Gasteiger partial charge in [-0.2, -0.15) is 0 Å². The molecule has 2 atom stereocenters. The molecule has 32 heavy (non-hydrogen) atoms. The Bertz CT molecular complexity index is 1610. The molecule has 0 amide bonds. The summed E-state index contributed by atoms with van der Waals surface area (Å²) < 4.78 is 5.22. The van der Waals surface area contributed by atoms with Crippen molar-refractivity contribution in [3.63, 3.8) is 0 Å². The summed E-state index contributed by atoms with van der Waals surface area (Å²) in [5, 5.41) is 5.36. The number of rotatable bonds is 3. The molecule has 1 aliphatic rings. The van der Waals surface area contributed by atoms with E-state index >= 15 is 0 Å². The van der Waals surface area contributed by atoms with E-state index in [2.05, 4.69) is 107 Å². The Morgan fingerprint density at radius 2 is 1.00 bits per heavy atom. The molecule has 2 nitrogen and oxygen atoms in total. The molecular weight excluding hydrogens is 388 g/mol. The molecule has 0 radical (unpaired) electrons. The van der Waals surface area contributed by atoms with Gasteiger partial charge < -0.3 is 9.13 Å². The molecule has 1 fully saturated rings. The van der Waals surface area contributed by atoms with E-state index in [0.717, 1.165) is 0 Å². The van der Waals surface area contributed by atoms with E-state index in [4.69, 9.17) is 0 Å². The minimum atomic E-state index is 0.436. The van der Waals surface area contributed by atoms with Gasteiger partial charge in [0.05, 0.1) is 12.1 Å². The van der Waals surface area contributed by atoms with E-state index in [1.807, 2.05) is 6.08 Å². The third kappa shape index (κ3) is 2.30. The molecule has 2 heteroatoms. The molecule has 0 aliphatic heterocycles. The molecule has 2 aromatic heterocycles. The second-order valence-electron chi connectivity index (χ2n) is 8.98. The van der Waals surface area contributed by atoms with E-state index < -0.39 is 0 Å². The molecule has 0 N–H and O–H groups in total. The van der Waals surface area contributed by atoms with Crippen LogP contribution in [0.15, 0.2) is 97.6 Å². The summed E-state index contributed by atoms with van der Waals surface area (Å²) in [7, 11) is 0. The van der Waals surface area contributed by atoms with Crippen molar-refractivity contribution in [2.45, 2.75) is 24.9 Å². The van der Waals surface area contributed by atoms with Crippen molar-refractivity contribution in [3.05, 3.63) is 103 Å². The van der Waals surface area contributed by atoms with Crippen LogP contribution < -0.4 is 0 Å². The van der Waals surface area contributed by atoms with E-state index in [0.29, 0.717) is 12.1 Å².